The van der Waals surface area contributed by atoms with Crippen LogP contribution in [0.2, 0.25) is 5.02 Å². The molecular weight excluding hydrogens is 282 g/mol. The summed E-state index contributed by atoms with van der Waals surface area (Å²) in [6, 6.07) is 7.11. The molecule has 1 aliphatic rings. The van der Waals surface area contributed by atoms with Gasteiger partial charge in [-0.2, -0.15) is 0 Å². The SMILES string of the molecule is CC(CNC1CCCC1)S(=O)(=O)c1ccccc1Cl. The van der Waals surface area contributed by atoms with Crippen molar-refractivity contribution in [1.82, 2.24) is 5.32 Å². The quantitative estimate of drug-likeness (QED) is 0.909. The van der Waals surface area contributed by atoms with E-state index in [1.807, 2.05) is 0 Å². The maximum absolute atomic E-state index is 12.4. The van der Waals surface area contributed by atoms with Gasteiger partial charge in [-0.1, -0.05) is 36.6 Å². The molecular formula is C14H20ClNO2S. The molecule has 2 rings (SSSR count). The smallest absolute Gasteiger partial charge is 0.183 e. The normalized spacial score (nSPS) is 18.6. The van der Waals surface area contributed by atoms with Gasteiger partial charge in [0.1, 0.15) is 0 Å². The minimum atomic E-state index is -3.36. The lowest BCUT2D eigenvalue weighted by Gasteiger charge is -2.18. The van der Waals surface area contributed by atoms with Crippen LogP contribution in [0.15, 0.2) is 29.2 Å². The van der Waals surface area contributed by atoms with E-state index in [4.69, 9.17) is 11.6 Å². The van der Waals surface area contributed by atoms with Crippen LogP contribution in [0.3, 0.4) is 0 Å². The number of hydrogen-bond donors (Lipinski definition) is 1. The molecule has 0 radical (unpaired) electrons. The fourth-order valence-corrected chi connectivity index (χ4v) is 4.28. The molecule has 19 heavy (non-hydrogen) atoms. The number of halogens is 1. The van der Waals surface area contributed by atoms with E-state index < -0.39 is 15.1 Å². The molecule has 1 saturated carbocycles. The lowest BCUT2D eigenvalue weighted by Crippen LogP contribution is -2.36. The monoisotopic (exact) mass is 301 g/mol. The Morgan fingerprint density at radius 1 is 1.32 bits per heavy atom. The fraction of sp³-hybridized carbons (Fsp3) is 0.571. The van der Waals surface area contributed by atoms with E-state index in [1.165, 1.54) is 12.8 Å². The number of sulfone groups is 1. The maximum atomic E-state index is 12.4. The van der Waals surface area contributed by atoms with Crippen LogP contribution >= 0.6 is 11.6 Å². The summed E-state index contributed by atoms with van der Waals surface area (Å²) in [5, 5.41) is 3.19. The zero-order valence-corrected chi connectivity index (χ0v) is 12.7. The van der Waals surface area contributed by atoms with E-state index in [0.29, 0.717) is 17.6 Å². The summed E-state index contributed by atoms with van der Waals surface area (Å²) in [6.07, 6.45) is 4.78. The minimum absolute atomic E-state index is 0.234. The molecule has 1 N–H and O–H groups in total. The second-order valence-electron chi connectivity index (χ2n) is 5.18. The first-order valence-electron chi connectivity index (χ1n) is 6.73. The van der Waals surface area contributed by atoms with Crippen molar-refractivity contribution >= 4 is 21.4 Å². The number of hydrogen-bond acceptors (Lipinski definition) is 3. The highest BCUT2D eigenvalue weighted by Gasteiger charge is 2.26. The topological polar surface area (TPSA) is 46.2 Å². The average molecular weight is 302 g/mol. The van der Waals surface area contributed by atoms with Gasteiger partial charge in [-0.15, -0.1) is 0 Å². The van der Waals surface area contributed by atoms with Crippen LogP contribution in [-0.2, 0) is 9.84 Å². The lowest BCUT2D eigenvalue weighted by atomic mass is 10.2. The van der Waals surface area contributed by atoms with Crippen LogP contribution in [-0.4, -0.2) is 26.3 Å². The van der Waals surface area contributed by atoms with Crippen molar-refractivity contribution in [3.8, 4) is 0 Å². The Kier molecular flexibility index (Phi) is 4.87. The molecule has 1 aromatic rings. The van der Waals surface area contributed by atoms with Gasteiger partial charge < -0.3 is 5.32 Å². The van der Waals surface area contributed by atoms with Gasteiger partial charge >= 0.3 is 0 Å². The van der Waals surface area contributed by atoms with Crippen molar-refractivity contribution in [2.75, 3.05) is 6.54 Å². The summed E-state index contributed by atoms with van der Waals surface area (Å²) in [6.45, 7) is 2.22. The summed E-state index contributed by atoms with van der Waals surface area (Å²) in [4.78, 5) is 0.234. The minimum Gasteiger partial charge on any atom is -0.313 e. The summed E-state index contributed by atoms with van der Waals surface area (Å²) in [7, 11) is -3.36. The van der Waals surface area contributed by atoms with Crippen LogP contribution in [0.5, 0.6) is 0 Å². The Hall–Kier alpha value is -0.580. The van der Waals surface area contributed by atoms with Crippen molar-refractivity contribution in [2.24, 2.45) is 0 Å². The highest BCUT2D eigenvalue weighted by Crippen LogP contribution is 2.25. The Labute approximate surface area is 120 Å². The Morgan fingerprint density at radius 2 is 1.95 bits per heavy atom. The third kappa shape index (κ3) is 3.50. The van der Waals surface area contributed by atoms with Crippen molar-refractivity contribution in [1.29, 1.82) is 0 Å². The second kappa shape index (κ2) is 6.25. The maximum Gasteiger partial charge on any atom is 0.183 e. The molecule has 0 saturated heterocycles. The highest BCUT2D eigenvalue weighted by atomic mass is 35.5. The van der Waals surface area contributed by atoms with Gasteiger partial charge in [-0.05, 0) is 31.9 Å². The number of nitrogens with one attached hydrogen (secondary N) is 1. The van der Waals surface area contributed by atoms with Gasteiger partial charge in [-0.25, -0.2) is 8.42 Å². The summed E-state index contributed by atoms with van der Waals surface area (Å²) >= 11 is 5.98. The van der Waals surface area contributed by atoms with E-state index in [2.05, 4.69) is 5.32 Å². The molecule has 0 bridgehead atoms. The van der Waals surface area contributed by atoms with Gasteiger partial charge in [0.25, 0.3) is 0 Å². The molecule has 1 aliphatic carbocycles. The van der Waals surface area contributed by atoms with Crippen LogP contribution in [0.25, 0.3) is 0 Å². The molecule has 1 unspecified atom stereocenters. The predicted molar refractivity (Wildman–Crippen MR) is 78.4 cm³/mol. The van der Waals surface area contributed by atoms with Gasteiger partial charge in [0.2, 0.25) is 0 Å². The molecule has 1 fully saturated rings. The Morgan fingerprint density at radius 3 is 2.58 bits per heavy atom. The standard InChI is InChI=1S/C14H20ClNO2S/c1-11(10-16-12-6-2-3-7-12)19(17,18)14-9-5-4-8-13(14)15/h4-5,8-9,11-12,16H,2-3,6-7,10H2,1H3. The lowest BCUT2D eigenvalue weighted by molar-refractivity contribution is 0.512. The van der Waals surface area contributed by atoms with Crippen molar-refractivity contribution in [2.45, 2.75) is 48.8 Å². The fourth-order valence-electron chi connectivity index (χ4n) is 2.46. The molecule has 0 spiro atoms. The zero-order chi connectivity index (χ0) is 13.9. The molecule has 3 nitrogen and oxygen atoms in total. The van der Waals surface area contributed by atoms with Gasteiger partial charge in [0, 0.05) is 12.6 Å². The molecule has 0 amide bonds. The molecule has 5 heteroatoms. The predicted octanol–water partition coefficient (Wildman–Crippen LogP) is 3.03. The third-order valence-electron chi connectivity index (χ3n) is 3.72. The number of rotatable bonds is 5. The average Bonchev–Trinajstić information content (AvgIpc) is 2.89. The van der Waals surface area contributed by atoms with Gasteiger partial charge in [-0.3, -0.25) is 0 Å². The molecule has 1 aromatic carbocycles. The first-order valence-corrected chi connectivity index (χ1v) is 8.66. The number of benzene rings is 1. The van der Waals surface area contributed by atoms with Gasteiger partial charge in [0.05, 0.1) is 15.2 Å². The van der Waals surface area contributed by atoms with Crippen LogP contribution < -0.4 is 5.32 Å². The molecule has 0 heterocycles. The van der Waals surface area contributed by atoms with E-state index in [-0.39, 0.29) is 4.90 Å². The van der Waals surface area contributed by atoms with Crippen LogP contribution in [0.4, 0.5) is 0 Å². The molecule has 0 aromatic heterocycles. The zero-order valence-electron chi connectivity index (χ0n) is 11.1. The van der Waals surface area contributed by atoms with Gasteiger partial charge in [0.15, 0.2) is 9.84 Å². The first-order chi connectivity index (χ1) is 9.01. The highest BCUT2D eigenvalue weighted by molar-refractivity contribution is 7.92. The molecule has 0 aliphatic heterocycles. The largest absolute Gasteiger partial charge is 0.313 e. The summed E-state index contributed by atoms with van der Waals surface area (Å²) < 4.78 is 24.9. The summed E-state index contributed by atoms with van der Waals surface area (Å²) in [5.41, 5.74) is 0. The van der Waals surface area contributed by atoms with Crippen molar-refractivity contribution in [3.05, 3.63) is 29.3 Å². The third-order valence-corrected chi connectivity index (χ3v) is 6.36. The molecule has 106 valence electrons. The van der Waals surface area contributed by atoms with Crippen LogP contribution in [0.1, 0.15) is 32.6 Å². The molecule has 1 atom stereocenters. The van der Waals surface area contributed by atoms with E-state index in [1.54, 1.807) is 31.2 Å². The van der Waals surface area contributed by atoms with E-state index in [9.17, 15) is 8.42 Å². The van der Waals surface area contributed by atoms with Crippen LogP contribution in [0, 0.1) is 0 Å². The van der Waals surface area contributed by atoms with E-state index in [0.717, 1.165) is 12.8 Å². The summed E-state index contributed by atoms with van der Waals surface area (Å²) in [5.74, 6) is 0. The Balaban J connectivity index is 2.04. The second-order valence-corrected chi connectivity index (χ2v) is 7.92. The Bertz CT molecular complexity index is 524. The first kappa shape index (κ1) is 14.8. The van der Waals surface area contributed by atoms with Crippen molar-refractivity contribution < 1.29 is 8.42 Å². The van der Waals surface area contributed by atoms with Crippen molar-refractivity contribution in [3.63, 3.8) is 0 Å². The van der Waals surface area contributed by atoms with E-state index >= 15 is 0 Å².